The third kappa shape index (κ3) is 2.09. The van der Waals surface area contributed by atoms with Crippen LogP contribution < -0.4 is 10.6 Å². The maximum Gasteiger partial charge on any atom is 0.115 e. The Morgan fingerprint density at radius 1 is 1.47 bits per heavy atom. The zero-order valence-corrected chi connectivity index (χ0v) is 9.13. The molecule has 15 heavy (non-hydrogen) atoms. The van der Waals surface area contributed by atoms with Crippen LogP contribution >= 0.6 is 0 Å². The minimum atomic E-state index is 0.495. The fourth-order valence-corrected chi connectivity index (χ4v) is 2.34. The van der Waals surface area contributed by atoms with Crippen LogP contribution in [0.25, 0.3) is 0 Å². The third-order valence-corrected chi connectivity index (χ3v) is 3.33. The Bertz CT molecular complexity index is 301. The molecule has 1 aromatic heterocycles. The molecule has 0 radical (unpaired) electrons. The van der Waals surface area contributed by atoms with Crippen LogP contribution in [0.4, 0.5) is 5.69 Å². The van der Waals surface area contributed by atoms with E-state index in [1.165, 1.54) is 12.8 Å². The Kier molecular flexibility index (Phi) is 3.16. The highest BCUT2D eigenvalue weighted by Gasteiger charge is 2.27. The Balaban J connectivity index is 2.15. The Labute approximate surface area is 90.5 Å². The van der Waals surface area contributed by atoms with Gasteiger partial charge in [0.25, 0.3) is 0 Å². The Morgan fingerprint density at radius 3 is 2.87 bits per heavy atom. The second-order valence-electron chi connectivity index (χ2n) is 4.17. The third-order valence-electron chi connectivity index (χ3n) is 3.33. The van der Waals surface area contributed by atoms with E-state index in [2.05, 4.69) is 21.8 Å². The quantitative estimate of drug-likeness (QED) is 0.785. The zero-order chi connectivity index (χ0) is 10.7. The average Bonchev–Trinajstić information content (AvgIpc) is 2.30. The van der Waals surface area contributed by atoms with Crippen LogP contribution in [0.2, 0.25) is 0 Å². The van der Waals surface area contributed by atoms with E-state index in [-0.39, 0.29) is 0 Å². The van der Waals surface area contributed by atoms with Crippen molar-refractivity contribution in [2.75, 3.05) is 18.0 Å². The molecule has 2 atom stereocenters. The van der Waals surface area contributed by atoms with E-state index in [1.54, 1.807) is 6.33 Å². The fourth-order valence-electron chi connectivity index (χ4n) is 2.34. The van der Waals surface area contributed by atoms with Gasteiger partial charge in [-0.15, -0.1) is 0 Å². The van der Waals surface area contributed by atoms with Crippen LogP contribution in [0, 0.1) is 5.92 Å². The molecule has 1 aliphatic heterocycles. The lowest BCUT2D eigenvalue weighted by molar-refractivity contribution is 0.345. The molecule has 1 aliphatic rings. The Hall–Kier alpha value is -1.16. The fraction of sp³-hybridized carbons (Fsp3) is 0.636. The minimum absolute atomic E-state index is 0.495. The van der Waals surface area contributed by atoms with E-state index >= 15 is 0 Å². The topological polar surface area (TPSA) is 55.0 Å². The molecule has 4 nitrogen and oxygen atoms in total. The summed E-state index contributed by atoms with van der Waals surface area (Å²) in [5.74, 6) is 0.596. The lowest BCUT2D eigenvalue weighted by atomic mass is 9.90. The number of nitrogens with zero attached hydrogens (tertiary/aromatic N) is 3. The van der Waals surface area contributed by atoms with Crippen LogP contribution in [-0.4, -0.2) is 29.1 Å². The largest absolute Gasteiger partial charge is 0.366 e. The maximum absolute atomic E-state index is 5.78. The van der Waals surface area contributed by atoms with Crippen molar-refractivity contribution in [3.8, 4) is 0 Å². The lowest BCUT2D eigenvalue weighted by Gasteiger charge is -2.40. The van der Waals surface area contributed by atoms with Gasteiger partial charge >= 0.3 is 0 Å². The van der Waals surface area contributed by atoms with Crippen molar-refractivity contribution < 1.29 is 0 Å². The van der Waals surface area contributed by atoms with E-state index in [0.29, 0.717) is 12.0 Å². The number of anilines is 1. The first-order valence-electron chi connectivity index (χ1n) is 5.54. The number of hydrogen-bond acceptors (Lipinski definition) is 4. The monoisotopic (exact) mass is 206 g/mol. The van der Waals surface area contributed by atoms with Crippen LogP contribution in [0.1, 0.15) is 19.8 Å². The lowest BCUT2D eigenvalue weighted by Crippen LogP contribution is -2.46. The molecule has 0 bridgehead atoms. The van der Waals surface area contributed by atoms with E-state index < -0.39 is 0 Å². The summed E-state index contributed by atoms with van der Waals surface area (Å²) in [5, 5.41) is 0. The molecule has 82 valence electrons. The van der Waals surface area contributed by atoms with E-state index in [1.807, 2.05) is 12.4 Å². The number of aromatic nitrogens is 2. The summed E-state index contributed by atoms with van der Waals surface area (Å²) in [6, 6.07) is 0.495. The standard InChI is InChI=1S/C11H18N4/c1-9-10(5-12)3-2-4-15(9)11-6-13-8-14-7-11/h6-10H,2-5,12H2,1H3/t9-,10-/m1/s1. The molecule has 0 unspecified atom stereocenters. The predicted octanol–water partition coefficient (Wildman–Crippen LogP) is 1.04. The molecule has 0 saturated carbocycles. The highest BCUT2D eigenvalue weighted by atomic mass is 15.2. The molecule has 2 heterocycles. The smallest absolute Gasteiger partial charge is 0.115 e. The van der Waals surface area contributed by atoms with Crippen LogP contribution in [-0.2, 0) is 0 Å². The van der Waals surface area contributed by atoms with Gasteiger partial charge in [0.2, 0.25) is 0 Å². The van der Waals surface area contributed by atoms with Gasteiger partial charge in [-0.1, -0.05) is 0 Å². The van der Waals surface area contributed by atoms with Crippen LogP contribution in [0.15, 0.2) is 18.7 Å². The zero-order valence-electron chi connectivity index (χ0n) is 9.13. The summed E-state index contributed by atoms with van der Waals surface area (Å²) in [7, 11) is 0. The summed E-state index contributed by atoms with van der Waals surface area (Å²) >= 11 is 0. The molecule has 1 saturated heterocycles. The predicted molar refractivity (Wildman–Crippen MR) is 60.6 cm³/mol. The van der Waals surface area contributed by atoms with Crippen molar-refractivity contribution in [2.24, 2.45) is 11.7 Å². The first-order valence-corrected chi connectivity index (χ1v) is 5.54. The first-order chi connectivity index (χ1) is 7.33. The second kappa shape index (κ2) is 4.57. The molecule has 1 aromatic rings. The summed E-state index contributed by atoms with van der Waals surface area (Å²) in [6.07, 6.45) is 7.77. The normalized spacial score (nSPS) is 26.7. The van der Waals surface area contributed by atoms with Gasteiger partial charge in [-0.05, 0) is 32.2 Å². The van der Waals surface area contributed by atoms with Crippen molar-refractivity contribution in [3.05, 3.63) is 18.7 Å². The van der Waals surface area contributed by atoms with Crippen molar-refractivity contribution in [1.29, 1.82) is 0 Å². The highest BCUT2D eigenvalue weighted by molar-refractivity contribution is 5.43. The van der Waals surface area contributed by atoms with Gasteiger partial charge in [0.1, 0.15) is 6.33 Å². The van der Waals surface area contributed by atoms with Crippen molar-refractivity contribution >= 4 is 5.69 Å². The van der Waals surface area contributed by atoms with E-state index in [0.717, 1.165) is 18.8 Å². The van der Waals surface area contributed by atoms with E-state index in [4.69, 9.17) is 5.73 Å². The number of piperidine rings is 1. The second-order valence-corrected chi connectivity index (χ2v) is 4.17. The number of hydrogen-bond donors (Lipinski definition) is 1. The summed E-state index contributed by atoms with van der Waals surface area (Å²) in [5.41, 5.74) is 6.89. The molecule has 0 spiro atoms. The molecule has 1 fully saturated rings. The van der Waals surface area contributed by atoms with Gasteiger partial charge in [0.05, 0.1) is 18.1 Å². The molecule has 0 aliphatic carbocycles. The Morgan fingerprint density at radius 2 is 2.20 bits per heavy atom. The average molecular weight is 206 g/mol. The van der Waals surface area contributed by atoms with Gasteiger partial charge in [0, 0.05) is 12.6 Å². The molecular weight excluding hydrogens is 188 g/mol. The summed E-state index contributed by atoms with van der Waals surface area (Å²) < 4.78 is 0. The van der Waals surface area contributed by atoms with Gasteiger partial charge in [-0.25, -0.2) is 9.97 Å². The molecular formula is C11H18N4. The first kappa shape index (κ1) is 10.4. The van der Waals surface area contributed by atoms with Crippen molar-refractivity contribution in [1.82, 2.24) is 9.97 Å². The minimum Gasteiger partial charge on any atom is -0.366 e. The number of nitrogens with two attached hydrogens (primary N) is 1. The van der Waals surface area contributed by atoms with Gasteiger partial charge in [0.15, 0.2) is 0 Å². The number of rotatable bonds is 2. The highest BCUT2D eigenvalue weighted by Crippen LogP contribution is 2.26. The van der Waals surface area contributed by atoms with Gasteiger partial charge in [-0.2, -0.15) is 0 Å². The molecule has 4 heteroatoms. The van der Waals surface area contributed by atoms with E-state index in [9.17, 15) is 0 Å². The van der Waals surface area contributed by atoms with Crippen molar-refractivity contribution in [3.63, 3.8) is 0 Å². The molecule has 2 N–H and O–H groups in total. The SMILES string of the molecule is C[C@@H]1[C@@H](CN)CCCN1c1cncnc1. The molecule has 0 amide bonds. The summed E-state index contributed by atoms with van der Waals surface area (Å²) in [6.45, 7) is 4.10. The molecule has 2 rings (SSSR count). The van der Waals surface area contributed by atoms with Gasteiger partial charge in [-0.3, -0.25) is 0 Å². The maximum atomic E-state index is 5.78. The van der Waals surface area contributed by atoms with Crippen molar-refractivity contribution in [2.45, 2.75) is 25.8 Å². The van der Waals surface area contributed by atoms with Gasteiger partial charge < -0.3 is 10.6 Å². The summed E-state index contributed by atoms with van der Waals surface area (Å²) in [4.78, 5) is 10.5. The molecule has 0 aromatic carbocycles. The van der Waals surface area contributed by atoms with Crippen LogP contribution in [0.3, 0.4) is 0 Å². The van der Waals surface area contributed by atoms with Crippen LogP contribution in [0.5, 0.6) is 0 Å².